The molecule has 70 valence electrons. The molecule has 0 bridgehead atoms. The van der Waals surface area contributed by atoms with Crippen molar-refractivity contribution in [2.24, 2.45) is 0 Å². The maximum Gasteiger partial charge on any atom is 0.415 e. The minimum absolute atomic E-state index is 0.130. The van der Waals surface area contributed by atoms with Crippen LogP contribution in [0.4, 0.5) is 20.2 Å². The number of nitrogens with two attached hydrogens (primary N) is 1. The van der Waals surface area contributed by atoms with Gasteiger partial charge in [0.2, 0.25) is 0 Å². The molecule has 0 aromatic heterocycles. The van der Waals surface area contributed by atoms with E-state index in [1.807, 2.05) is 0 Å². The number of anilines is 2. The van der Waals surface area contributed by atoms with E-state index in [-0.39, 0.29) is 5.75 Å². The van der Waals surface area contributed by atoms with Crippen LogP contribution in [-0.2, 0) is 0 Å². The fourth-order valence-electron chi connectivity index (χ4n) is 1.17. The molecule has 0 atom stereocenters. The van der Waals surface area contributed by atoms with Crippen molar-refractivity contribution in [3.8, 4) is 5.75 Å². The number of rotatable bonds is 0. The number of hydrogen-bond donors (Lipinski definition) is 2. The van der Waals surface area contributed by atoms with E-state index in [0.29, 0.717) is 11.4 Å². The molecule has 1 aromatic carbocycles. The number of nitrogens with one attached hydrogen (secondary N) is 1. The third kappa shape index (κ3) is 1.49. The Morgan fingerprint density at radius 2 is 2.23 bits per heavy atom. The van der Waals surface area contributed by atoms with Gasteiger partial charge in [-0.2, -0.15) is 8.78 Å². The molecule has 0 saturated carbocycles. The van der Waals surface area contributed by atoms with Gasteiger partial charge in [-0.25, -0.2) is 0 Å². The summed E-state index contributed by atoms with van der Waals surface area (Å²) >= 11 is 0. The molecule has 3 N–H and O–H groups in total. The van der Waals surface area contributed by atoms with Crippen LogP contribution in [0.5, 0.6) is 5.75 Å². The van der Waals surface area contributed by atoms with Crippen LogP contribution < -0.4 is 15.8 Å². The predicted octanol–water partition coefficient (Wildman–Crippen LogP) is 1.67. The van der Waals surface area contributed by atoms with Gasteiger partial charge in [-0.05, 0) is 18.2 Å². The number of benzene rings is 1. The van der Waals surface area contributed by atoms with Gasteiger partial charge in [-0.15, -0.1) is 0 Å². The normalized spacial score (nSPS) is 18.3. The second kappa shape index (κ2) is 2.48. The third-order valence-corrected chi connectivity index (χ3v) is 1.75. The van der Waals surface area contributed by atoms with E-state index in [4.69, 9.17) is 5.73 Å². The highest BCUT2D eigenvalue weighted by atomic mass is 19.3. The van der Waals surface area contributed by atoms with Crippen molar-refractivity contribution in [3.05, 3.63) is 18.2 Å². The number of hydrogen-bond acceptors (Lipinski definition) is 3. The van der Waals surface area contributed by atoms with Crippen molar-refractivity contribution in [2.45, 2.75) is 6.11 Å². The lowest BCUT2D eigenvalue weighted by atomic mass is 10.2. The molecule has 0 saturated heterocycles. The molecule has 0 radical (unpaired) electrons. The molecule has 1 aliphatic rings. The largest absolute Gasteiger partial charge is 0.429 e. The van der Waals surface area contributed by atoms with E-state index in [1.165, 1.54) is 12.1 Å². The molecule has 1 aromatic rings. The van der Waals surface area contributed by atoms with Crippen LogP contribution in [0.15, 0.2) is 18.2 Å². The van der Waals surface area contributed by atoms with E-state index in [2.05, 4.69) is 10.1 Å². The van der Waals surface area contributed by atoms with E-state index in [0.717, 1.165) is 0 Å². The highest BCUT2D eigenvalue weighted by molar-refractivity contribution is 5.64. The summed E-state index contributed by atoms with van der Waals surface area (Å²) in [5.74, 6) is 0.130. The third-order valence-electron chi connectivity index (χ3n) is 1.75. The SMILES string of the molecule is Nc1ccc2c(c1)NCC(F)(F)O2. The van der Waals surface area contributed by atoms with Crippen molar-refractivity contribution in [3.63, 3.8) is 0 Å². The maximum absolute atomic E-state index is 12.7. The number of alkyl halides is 2. The van der Waals surface area contributed by atoms with Gasteiger partial charge >= 0.3 is 6.11 Å². The first kappa shape index (κ1) is 8.10. The van der Waals surface area contributed by atoms with Gasteiger partial charge in [-0.3, -0.25) is 0 Å². The molecule has 1 aliphatic heterocycles. The lowest BCUT2D eigenvalue weighted by Gasteiger charge is -2.26. The number of ether oxygens (including phenoxy) is 1. The zero-order chi connectivity index (χ0) is 9.47. The van der Waals surface area contributed by atoms with Crippen LogP contribution in [0.3, 0.4) is 0 Å². The van der Waals surface area contributed by atoms with E-state index in [1.54, 1.807) is 6.07 Å². The first-order valence-electron chi connectivity index (χ1n) is 3.77. The van der Waals surface area contributed by atoms with E-state index < -0.39 is 12.7 Å². The topological polar surface area (TPSA) is 47.3 Å². The van der Waals surface area contributed by atoms with Gasteiger partial charge in [0, 0.05) is 5.69 Å². The Hall–Kier alpha value is -1.52. The molecule has 5 heteroatoms. The summed E-state index contributed by atoms with van der Waals surface area (Å²) in [6.45, 7) is -0.524. The van der Waals surface area contributed by atoms with Gasteiger partial charge in [0.15, 0.2) is 0 Å². The van der Waals surface area contributed by atoms with Crippen molar-refractivity contribution in [2.75, 3.05) is 17.6 Å². The van der Waals surface area contributed by atoms with E-state index >= 15 is 0 Å². The van der Waals surface area contributed by atoms with Gasteiger partial charge in [0.05, 0.1) is 5.69 Å². The molecular formula is C8H8F2N2O. The zero-order valence-corrected chi connectivity index (χ0v) is 6.68. The fourth-order valence-corrected chi connectivity index (χ4v) is 1.17. The van der Waals surface area contributed by atoms with Crippen molar-refractivity contribution < 1.29 is 13.5 Å². The van der Waals surface area contributed by atoms with Crippen LogP contribution in [0.1, 0.15) is 0 Å². The molecule has 3 nitrogen and oxygen atoms in total. The smallest absolute Gasteiger partial charge is 0.415 e. The van der Waals surface area contributed by atoms with Crippen LogP contribution >= 0.6 is 0 Å². The van der Waals surface area contributed by atoms with Crippen LogP contribution in [0, 0.1) is 0 Å². The van der Waals surface area contributed by atoms with Crippen molar-refractivity contribution in [1.29, 1.82) is 0 Å². The van der Waals surface area contributed by atoms with Crippen molar-refractivity contribution in [1.82, 2.24) is 0 Å². The van der Waals surface area contributed by atoms with Crippen LogP contribution in [-0.4, -0.2) is 12.7 Å². The average molecular weight is 186 g/mol. The molecule has 0 unspecified atom stereocenters. The lowest BCUT2D eigenvalue weighted by molar-refractivity contribution is -0.166. The first-order valence-corrected chi connectivity index (χ1v) is 3.77. The second-order valence-electron chi connectivity index (χ2n) is 2.85. The molecule has 0 amide bonds. The Balaban J connectivity index is 2.37. The second-order valence-corrected chi connectivity index (χ2v) is 2.85. The first-order chi connectivity index (χ1) is 6.07. The molecule has 0 fully saturated rings. The van der Waals surface area contributed by atoms with Gasteiger partial charge in [0.1, 0.15) is 12.3 Å². The summed E-state index contributed by atoms with van der Waals surface area (Å²) in [6, 6.07) is 4.50. The standard InChI is InChI=1S/C8H8F2N2O/c9-8(10)4-12-6-3-5(11)1-2-7(6)13-8/h1-3,12H,4,11H2. The summed E-state index contributed by atoms with van der Waals surface area (Å²) in [5, 5.41) is 2.54. The summed E-state index contributed by atoms with van der Waals surface area (Å²) in [7, 11) is 0. The highest BCUT2D eigenvalue weighted by Crippen LogP contribution is 2.35. The van der Waals surface area contributed by atoms with Gasteiger partial charge in [-0.1, -0.05) is 0 Å². The number of halogens is 2. The molecule has 2 rings (SSSR count). The summed E-state index contributed by atoms with van der Waals surface area (Å²) < 4.78 is 29.8. The summed E-state index contributed by atoms with van der Waals surface area (Å²) in [6.07, 6.45) is -3.14. The van der Waals surface area contributed by atoms with Crippen molar-refractivity contribution >= 4 is 11.4 Å². The van der Waals surface area contributed by atoms with Gasteiger partial charge < -0.3 is 15.8 Å². The molecule has 0 spiro atoms. The number of nitrogen functional groups attached to an aromatic ring is 1. The summed E-state index contributed by atoms with van der Waals surface area (Å²) in [4.78, 5) is 0. The highest BCUT2D eigenvalue weighted by Gasteiger charge is 2.35. The average Bonchev–Trinajstić information content (AvgIpc) is 2.05. The minimum atomic E-state index is -3.14. The monoisotopic (exact) mass is 186 g/mol. The van der Waals surface area contributed by atoms with E-state index in [9.17, 15) is 8.78 Å². The Bertz CT molecular complexity index is 341. The molecular weight excluding hydrogens is 178 g/mol. The molecule has 13 heavy (non-hydrogen) atoms. The Kier molecular flexibility index (Phi) is 1.55. The lowest BCUT2D eigenvalue weighted by Crippen LogP contribution is -2.37. The predicted molar refractivity (Wildman–Crippen MR) is 44.9 cm³/mol. The van der Waals surface area contributed by atoms with Gasteiger partial charge in [0.25, 0.3) is 0 Å². The van der Waals surface area contributed by atoms with Crippen LogP contribution in [0.25, 0.3) is 0 Å². The van der Waals surface area contributed by atoms with Crippen LogP contribution in [0.2, 0.25) is 0 Å². The Morgan fingerprint density at radius 3 is 3.00 bits per heavy atom. The Morgan fingerprint density at radius 1 is 1.46 bits per heavy atom. The maximum atomic E-state index is 12.7. The quantitative estimate of drug-likeness (QED) is 0.606. The molecule has 1 heterocycles. The Labute approximate surface area is 73.5 Å². The summed E-state index contributed by atoms with van der Waals surface area (Å²) in [5.41, 5.74) is 6.49. The fraction of sp³-hybridized carbons (Fsp3) is 0.250. The number of fused-ring (bicyclic) bond motifs is 1. The minimum Gasteiger partial charge on any atom is -0.429 e. The molecule has 0 aliphatic carbocycles. The zero-order valence-electron chi connectivity index (χ0n) is 6.68.